The van der Waals surface area contributed by atoms with E-state index in [0.29, 0.717) is 5.92 Å². The van der Waals surface area contributed by atoms with Crippen LogP contribution in [0.4, 0.5) is 0 Å². The first kappa shape index (κ1) is 12.9. The van der Waals surface area contributed by atoms with Crippen LogP contribution < -0.4 is 0 Å². The molecule has 2 aromatic carbocycles. The van der Waals surface area contributed by atoms with Crippen molar-refractivity contribution in [2.45, 2.75) is 38.0 Å². The Morgan fingerprint density at radius 2 is 1.43 bits per heavy atom. The van der Waals surface area contributed by atoms with Gasteiger partial charge in [-0.1, -0.05) is 79.1 Å². The van der Waals surface area contributed by atoms with Crippen LogP contribution in [0.5, 0.6) is 0 Å². The Morgan fingerprint density at radius 1 is 0.714 bits per heavy atom. The second-order valence-electron chi connectivity index (χ2n) is 6.40. The summed E-state index contributed by atoms with van der Waals surface area (Å²) in [5.41, 5.74) is 6.34. The Kier molecular flexibility index (Phi) is 3.39. The topological polar surface area (TPSA) is 0 Å². The quantitative estimate of drug-likeness (QED) is 0.647. The number of allylic oxidation sites excluding steroid dienone is 2. The van der Waals surface area contributed by atoms with Crippen molar-refractivity contribution in [2.75, 3.05) is 0 Å². The van der Waals surface area contributed by atoms with Crippen molar-refractivity contribution in [3.8, 4) is 0 Å². The Labute approximate surface area is 127 Å². The van der Waals surface area contributed by atoms with Crippen molar-refractivity contribution < 1.29 is 0 Å². The molecule has 0 bridgehead atoms. The second kappa shape index (κ2) is 5.52. The molecule has 1 saturated carbocycles. The smallest absolute Gasteiger partial charge is 0.0161 e. The van der Waals surface area contributed by atoms with Crippen molar-refractivity contribution in [3.63, 3.8) is 0 Å². The maximum absolute atomic E-state index is 2.31. The highest BCUT2D eigenvalue weighted by molar-refractivity contribution is 5.81. The molecule has 0 heterocycles. The second-order valence-corrected chi connectivity index (χ2v) is 6.40. The fourth-order valence-electron chi connectivity index (χ4n) is 4.27. The lowest BCUT2D eigenvalue weighted by molar-refractivity contribution is 0.467. The molecule has 0 aliphatic heterocycles. The lowest BCUT2D eigenvalue weighted by atomic mass is 9.61. The summed E-state index contributed by atoms with van der Waals surface area (Å²) in [6.45, 7) is 0. The molecule has 106 valence electrons. The van der Waals surface area contributed by atoms with E-state index in [0.717, 1.165) is 5.92 Å². The summed E-state index contributed by atoms with van der Waals surface area (Å²) >= 11 is 0. The molecule has 2 aliphatic carbocycles. The van der Waals surface area contributed by atoms with E-state index in [1.165, 1.54) is 43.2 Å². The average Bonchev–Trinajstić information content (AvgIpc) is 2.73. The van der Waals surface area contributed by atoms with E-state index in [1.807, 2.05) is 0 Å². The molecular weight excluding hydrogens is 252 g/mol. The minimum absolute atomic E-state index is 0.627. The van der Waals surface area contributed by atoms with Gasteiger partial charge in [-0.15, -0.1) is 0 Å². The van der Waals surface area contributed by atoms with Crippen LogP contribution >= 0.6 is 0 Å². The molecule has 2 atom stereocenters. The van der Waals surface area contributed by atoms with Gasteiger partial charge in [0.15, 0.2) is 0 Å². The van der Waals surface area contributed by atoms with Crippen LogP contribution in [0, 0.1) is 5.92 Å². The van der Waals surface area contributed by atoms with Crippen LogP contribution in [0.3, 0.4) is 0 Å². The minimum Gasteiger partial charge on any atom is -0.0622 e. The lowest BCUT2D eigenvalue weighted by Gasteiger charge is -2.43. The summed E-state index contributed by atoms with van der Waals surface area (Å²) in [6, 6.07) is 22.2. The lowest BCUT2D eigenvalue weighted by Crippen LogP contribution is -2.27. The highest BCUT2D eigenvalue weighted by atomic mass is 14.4. The largest absolute Gasteiger partial charge is 0.0622 e. The molecule has 0 amide bonds. The molecule has 0 nitrogen and oxygen atoms in total. The maximum atomic E-state index is 2.31. The van der Waals surface area contributed by atoms with Gasteiger partial charge in [0.2, 0.25) is 0 Å². The van der Waals surface area contributed by atoms with E-state index in [4.69, 9.17) is 0 Å². The normalized spacial score (nSPS) is 25.0. The van der Waals surface area contributed by atoms with Gasteiger partial charge in [0.25, 0.3) is 0 Å². The molecule has 1 fully saturated rings. The Balaban J connectivity index is 1.80. The molecule has 0 unspecified atom stereocenters. The van der Waals surface area contributed by atoms with E-state index >= 15 is 0 Å². The molecule has 0 aromatic heterocycles. The van der Waals surface area contributed by atoms with Crippen molar-refractivity contribution >= 4 is 5.57 Å². The van der Waals surface area contributed by atoms with Crippen LogP contribution in [0.1, 0.15) is 49.1 Å². The third kappa shape index (κ3) is 2.23. The van der Waals surface area contributed by atoms with Crippen molar-refractivity contribution in [1.29, 1.82) is 0 Å². The SMILES string of the molecule is c1ccc(C2=C3CCCCC[C@@H]3[C@@H]2c2ccccc2)cc1. The van der Waals surface area contributed by atoms with Gasteiger partial charge in [-0.3, -0.25) is 0 Å². The first-order valence-electron chi connectivity index (χ1n) is 8.28. The van der Waals surface area contributed by atoms with Gasteiger partial charge in [-0.25, -0.2) is 0 Å². The summed E-state index contributed by atoms with van der Waals surface area (Å²) < 4.78 is 0. The van der Waals surface area contributed by atoms with E-state index in [2.05, 4.69) is 60.7 Å². The minimum atomic E-state index is 0.627. The third-order valence-electron chi connectivity index (χ3n) is 5.21. The standard InChI is InChI=1S/C21H22/c1-4-10-16(11-5-1)20-18-14-8-3-9-15-19(18)21(20)17-12-6-2-7-13-17/h1-2,4-7,10-13,18,20H,3,8-9,14-15H2/t18-,20-/m0/s1. The fraction of sp³-hybridized carbons (Fsp3) is 0.333. The predicted octanol–water partition coefficient (Wildman–Crippen LogP) is 5.82. The van der Waals surface area contributed by atoms with Gasteiger partial charge in [0.05, 0.1) is 0 Å². The molecular formula is C21H22. The highest BCUT2D eigenvalue weighted by Crippen LogP contribution is 2.57. The predicted molar refractivity (Wildman–Crippen MR) is 89.1 cm³/mol. The van der Waals surface area contributed by atoms with Crippen molar-refractivity contribution in [2.24, 2.45) is 5.92 Å². The van der Waals surface area contributed by atoms with Gasteiger partial charge in [-0.05, 0) is 41.9 Å². The van der Waals surface area contributed by atoms with Crippen molar-refractivity contribution in [3.05, 3.63) is 77.4 Å². The zero-order valence-electron chi connectivity index (χ0n) is 12.5. The Morgan fingerprint density at radius 3 is 2.19 bits per heavy atom. The molecule has 0 spiro atoms. The van der Waals surface area contributed by atoms with Crippen LogP contribution in [-0.4, -0.2) is 0 Å². The summed E-state index contributed by atoms with van der Waals surface area (Å²) in [5.74, 6) is 1.42. The molecule has 4 rings (SSSR count). The first-order chi connectivity index (χ1) is 10.4. The Bertz CT molecular complexity index is 636. The van der Waals surface area contributed by atoms with Gasteiger partial charge in [-0.2, -0.15) is 0 Å². The Hall–Kier alpha value is -1.82. The van der Waals surface area contributed by atoms with E-state index < -0.39 is 0 Å². The van der Waals surface area contributed by atoms with Crippen LogP contribution in [0.15, 0.2) is 66.2 Å². The van der Waals surface area contributed by atoms with Gasteiger partial charge in [0.1, 0.15) is 0 Å². The maximum Gasteiger partial charge on any atom is 0.0161 e. The van der Waals surface area contributed by atoms with Crippen LogP contribution in [0.25, 0.3) is 5.57 Å². The van der Waals surface area contributed by atoms with Crippen molar-refractivity contribution in [1.82, 2.24) is 0 Å². The molecule has 0 N–H and O–H groups in total. The molecule has 2 aliphatic rings. The van der Waals surface area contributed by atoms with Crippen LogP contribution in [-0.2, 0) is 0 Å². The first-order valence-corrected chi connectivity index (χ1v) is 8.28. The van der Waals surface area contributed by atoms with Gasteiger partial charge in [0, 0.05) is 5.92 Å². The van der Waals surface area contributed by atoms with Crippen LogP contribution in [0.2, 0.25) is 0 Å². The monoisotopic (exact) mass is 274 g/mol. The summed E-state index contributed by atoms with van der Waals surface area (Å²) in [6.07, 6.45) is 6.89. The molecule has 2 aromatic rings. The zero-order chi connectivity index (χ0) is 14.1. The molecule has 0 heteroatoms. The van der Waals surface area contributed by atoms with Gasteiger partial charge >= 0.3 is 0 Å². The third-order valence-corrected chi connectivity index (χ3v) is 5.21. The molecule has 0 saturated heterocycles. The van der Waals surface area contributed by atoms with Gasteiger partial charge < -0.3 is 0 Å². The summed E-state index contributed by atoms with van der Waals surface area (Å²) in [5, 5.41) is 0. The number of rotatable bonds is 2. The fourth-order valence-corrected chi connectivity index (χ4v) is 4.27. The number of hydrogen-bond acceptors (Lipinski definition) is 0. The number of hydrogen-bond donors (Lipinski definition) is 0. The van der Waals surface area contributed by atoms with E-state index in [-0.39, 0.29) is 0 Å². The van der Waals surface area contributed by atoms with E-state index in [1.54, 1.807) is 11.1 Å². The molecule has 21 heavy (non-hydrogen) atoms. The van der Waals surface area contributed by atoms with E-state index in [9.17, 15) is 0 Å². The average molecular weight is 274 g/mol. The highest BCUT2D eigenvalue weighted by Gasteiger charge is 2.41. The summed E-state index contributed by atoms with van der Waals surface area (Å²) in [7, 11) is 0. The number of fused-ring (bicyclic) bond motifs is 1. The molecule has 0 radical (unpaired) electrons. The zero-order valence-corrected chi connectivity index (χ0v) is 12.5. The summed E-state index contributed by atoms with van der Waals surface area (Å²) in [4.78, 5) is 0. The number of benzene rings is 2.